The topological polar surface area (TPSA) is 99.3 Å². The lowest BCUT2D eigenvalue weighted by molar-refractivity contribution is -0.659. The quantitative estimate of drug-likeness (QED) is 0.201. The molecule has 1 fully saturated rings. The Bertz CT molecular complexity index is 1260. The predicted octanol–water partition coefficient (Wildman–Crippen LogP) is 4.64. The second kappa shape index (κ2) is 13.5. The molecule has 0 saturated carbocycles. The maximum atomic E-state index is 4.37. The first-order chi connectivity index (χ1) is 18.5. The van der Waals surface area contributed by atoms with Gasteiger partial charge in [0.15, 0.2) is 0 Å². The minimum absolute atomic E-state index is 0. The van der Waals surface area contributed by atoms with Gasteiger partial charge in [0.1, 0.15) is 0 Å². The van der Waals surface area contributed by atoms with Crippen LogP contribution >= 0.6 is 0 Å². The first-order valence-corrected chi connectivity index (χ1v) is 12.8. The van der Waals surface area contributed by atoms with Crippen LogP contribution in [0.5, 0.6) is 0 Å². The predicted molar refractivity (Wildman–Crippen MR) is 156 cm³/mol. The summed E-state index contributed by atoms with van der Waals surface area (Å²) in [5.74, 6) is 1.39. The number of benzene rings is 2. The molecule has 2 aromatic heterocycles. The Morgan fingerprint density at radius 2 is 0.925 bits per heavy atom. The largest absolute Gasteiger partial charge is 0.403 e. The van der Waals surface area contributed by atoms with E-state index in [9.17, 15) is 0 Å². The van der Waals surface area contributed by atoms with Crippen molar-refractivity contribution < 1.29 is 9.13 Å². The molecule has 40 heavy (non-hydrogen) atoms. The van der Waals surface area contributed by atoms with Gasteiger partial charge < -0.3 is 24.7 Å². The smallest absolute Gasteiger partial charge is 0.371 e. The summed E-state index contributed by atoms with van der Waals surface area (Å²) in [5.41, 5.74) is 4.09. The lowest BCUT2D eigenvalue weighted by atomic mass is 10.2. The van der Waals surface area contributed by atoms with Crippen molar-refractivity contribution in [2.45, 2.75) is 12.8 Å². The molecule has 0 amide bonds. The van der Waals surface area contributed by atoms with Crippen LogP contribution in [0, 0.1) is 14.9 Å². The van der Waals surface area contributed by atoms with Crippen LogP contribution in [0.1, 0.15) is 12.8 Å². The van der Waals surface area contributed by atoms with Crippen molar-refractivity contribution >= 4 is 34.6 Å². The monoisotopic (exact) mass is 544 g/mol. The van der Waals surface area contributed by atoms with Crippen LogP contribution in [0.15, 0.2) is 81.6 Å². The van der Waals surface area contributed by atoms with Crippen LogP contribution in [-0.4, -0.2) is 45.7 Å². The molecule has 0 unspecified atom stereocenters. The summed E-state index contributed by atoms with van der Waals surface area (Å²) in [6, 6.07) is 16.6. The van der Waals surface area contributed by atoms with Crippen LogP contribution in [0.3, 0.4) is 0 Å². The van der Waals surface area contributed by atoms with E-state index in [1.54, 1.807) is 22.0 Å². The summed E-state index contributed by atoms with van der Waals surface area (Å²) in [5, 5.41) is 25.8. The molecule has 12 nitrogen and oxygen atoms in total. The third-order valence-electron chi connectivity index (χ3n) is 6.66. The van der Waals surface area contributed by atoms with E-state index in [2.05, 4.69) is 64.7 Å². The van der Waals surface area contributed by atoms with Crippen molar-refractivity contribution in [3.63, 3.8) is 0 Å². The van der Waals surface area contributed by atoms with Crippen molar-refractivity contribution in [3.8, 4) is 0 Å². The second-order valence-electron chi connectivity index (χ2n) is 9.44. The standard InChI is InChI=1S/C26H34N12.2CH3/c1-33-19-27-35(3)25(33)31-29-21-7-11-23(12-8-21)37-15-5-17-38(18-6-16-37)24-13-9-22(10-14-24)30-32-26-34(2)20-28-36(26)4;;/h7-14,19-20H,5-6,15-18H2,1-4H3;2*1H3/q+2;2*-1. The van der Waals surface area contributed by atoms with Gasteiger partial charge in [-0.05, 0) is 71.6 Å². The van der Waals surface area contributed by atoms with E-state index in [1.165, 1.54) is 11.4 Å². The summed E-state index contributed by atoms with van der Waals surface area (Å²) >= 11 is 0. The Balaban J connectivity index is 0.00000220. The molecule has 0 spiro atoms. The highest BCUT2D eigenvalue weighted by Gasteiger charge is 2.16. The Morgan fingerprint density at radius 1 is 0.575 bits per heavy atom. The maximum Gasteiger partial charge on any atom is 0.403 e. The zero-order valence-electron chi connectivity index (χ0n) is 24.4. The number of aryl methyl sites for hydroxylation is 4. The molecule has 5 rings (SSSR count). The van der Waals surface area contributed by atoms with E-state index >= 15 is 0 Å². The van der Waals surface area contributed by atoms with E-state index < -0.39 is 0 Å². The van der Waals surface area contributed by atoms with Crippen LogP contribution < -0.4 is 18.9 Å². The van der Waals surface area contributed by atoms with E-state index in [1.807, 2.05) is 61.6 Å². The van der Waals surface area contributed by atoms with Crippen LogP contribution in [0.25, 0.3) is 0 Å². The fourth-order valence-corrected chi connectivity index (χ4v) is 4.55. The van der Waals surface area contributed by atoms with E-state index in [4.69, 9.17) is 0 Å². The normalized spacial score (nSPS) is 14.2. The molecule has 0 atom stereocenters. The lowest BCUT2D eigenvalue weighted by Gasteiger charge is -2.33. The third kappa shape index (κ3) is 6.93. The number of hydrogen-bond acceptors (Lipinski definition) is 8. The van der Waals surface area contributed by atoms with Crippen LogP contribution in [0.2, 0.25) is 0 Å². The minimum atomic E-state index is 0. The molecule has 4 aromatic rings. The first-order valence-electron chi connectivity index (χ1n) is 12.8. The first kappa shape index (κ1) is 30.1. The highest BCUT2D eigenvalue weighted by atomic mass is 15.4. The Hall–Kier alpha value is -4.48. The van der Waals surface area contributed by atoms with Crippen molar-refractivity contribution in [1.29, 1.82) is 0 Å². The van der Waals surface area contributed by atoms with Crippen LogP contribution in [0.4, 0.5) is 34.6 Å². The average Bonchev–Trinajstić information content (AvgIpc) is 3.41. The van der Waals surface area contributed by atoms with E-state index in [0.29, 0.717) is 11.9 Å². The molecule has 3 heterocycles. The minimum Gasteiger partial charge on any atom is -0.371 e. The summed E-state index contributed by atoms with van der Waals surface area (Å²) in [6.45, 7) is 4.04. The number of azo groups is 2. The Kier molecular flexibility index (Phi) is 10.2. The summed E-state index contributed by atoms with van der Waals surface area (Å²) in [6.07, 6.45) is 5.59. The van der Waals surface area contributed by atoms with Crippen molar-refractivity contribution in [3.05, 3.63) is 76.0 Å². The van der Waals surface area contributed by atoms with Gasteiger partial charge in [-0.15, -0.1) is 9.36 Å². The van der Waals surface area contributed by atoms with Gasteiger partial charge in [-0.2, -0.15) is 0 Å². The third-order valence-corrected chi connectivity index (χ3v) is 6.66. The summed E-state index contributed by atoms with van der Waals surface area (Å²) in [4.78, 5) is 4.92. The van der Waals surface area contributed by atoms with Crippen molar-refractivity contribution in [2.24, 2.45) is 48.6 Å². The number of nitrogens with zero attached hydrogens (tertiary/aromatic N) is 12. The van der Waals surface area contributed by atoms with Gasteiger partial charge in [-0.3, -0.25) is 0 Å². The summed E-state index contributed by atoms with van der Waals surface area (Å²) in [7, 11) is 7.51. The molecule has 0 aliphatic carbocycles. The molecule has 0 radical (unpaired) electrons. The molecule has 1 saturated heterocycles. The number of rotatable bonds is 6. The molecular formula is C28H40N12. The molecule has 212 valence electrons. The molecule has 1 aliphatic rings. The van der Waals surface area contributed by atoms with Gasteiger partial charge in [0.2, 0.25) is 12.7 Å². The number of hydrogen-bond donors (Lipinski definition) is 0. The maximum absolute atomic E-state index is 4.37. The van der Waals surface area contributed by atoms with Crippen molar-refractivity contribution in [1.82, 2.24) is 19.6 Å². The van der Waals surface area contributed by atoms with Gasteiger partial charge in [-0.25, -0.2) is 9.13 Å². The van der Waals surface area contributed by atoms with Crippen LogP contribution in [-0.2, 0) is 28.2 Å². The fourth-order valence-electron chi connectivity index (χ4n) is 4.55. The van der Waals surface area contributed by atoms with Gasteiger partial charge in [0.25, 0.3) is 0 Å². The molecule has 2 aromatic carbocycles. The molecule has 0 N–H and O–H groups in total. The van der Waals surface area contributed by atoms with Gasteiger partial charge >= 0.3 is 11.9 Å². The van der Waals surface area contributed by atoms with E-state index in [0.717, 1.165) is 50.4 Å². The summed E-state index contributed by atoms with van der Waals surface area (Å²) < 4.78 is 7.07. The SMILES string of the molecule is Cn1nc[n+](C)c1N=Nc1ccc(N2CCCN(c3ccc(N=Nc4n(C)nc[n+]4C)cc3)CCC2)cc1.[CH3-].[CH3-]. The van der Waals surface area contributed by atoms with Gasteiger partial charge in [0.05, 0.1) is 39.6 Å². The lowest BCUT2D eigenvalue weighted by Crippen LogP contribution is -2.36. The number of aromatic nitrogens is 6. The zero-order valence-corrected chi connectivity index (χ0v) is 24.4. The van der Waals surface area contributed by atoms with Gasteiger partial charge in [0, 0.05) is 47.8 Å². The Labute approximate surface area is 236 Å². The molecular weight excluding hydrogens is 504 g/mol. The molecule has 12 heteroatoms. The Morgan fingerprint density at radius 3 is 1.23 bits per heavy atom. The zero-order chi connectivity index (χ0) is 26.5. The second-order valence-corrected chi connectivity index (χ2v) is 9.44. The van der Waals surface area contributed by atoms with Gasteiger partial charge in [-0.1, -0.05) is 10.2 Å². The van der Waals surface area contributed by atoms with Crippen molar-refractivity contribution in [2.75, 3.05) is 36.0 Å². The molecule has 1 aliphatic heterocycles. The van der Waals surface area contributed by atoms with E-state index in [-0.39, 0.29) is 14.9 Å². The highest BCUT2D eigenvalue weighted by molar-refractivity contribution is 5.54. The highest BCUT2D eigenvalue weighted by Crippen LogP contribution is 2.25. The molecule has 0 bridgehead atoms. The number of anilines is 2. The fraction of sp³-hybridized carbons (Fsp3) is 0.357. The average molecular weight is 545 g/mol.